The molecule has 7 nitrogen and oxygen atoms in total. The van der Waals surface area contributed by atoms with Crippen LogP contribution in [-0.2, 0) is 14.4 Å². The number of likely N-dealkylation sites (tertiary alicyclic amines) is 1. The Balaban J connectivity index is 1.54. The van der Waals surface area contributed by atoms with Crippen LogP contribution in [0.5, 0.6) is 0 Å². The fourth-order valence-corrected chi connectivity index (χ4v) is 10.1. The van der Waals surface area contributed by atoms with Gasteiger partial charge in [-0.2, -0.15) is 0 Å². The van der Waals surface area contributed by atoms with Crippen LogP contribution in [0.25, 0.3) is 0 Å². The van der Waals surface area contributed by atoms with Crippen molar-refractivity contribution in [3.8, 4) is 0 Å². The lowest BCUT2D eigenvalue weighted by Crippen LogP contribution is -2.56. The van der Waals surface area contributed by atoms with Gasteiger partial charge in [-0.1, -0.05) is 66.0 Å². The summed E-state index contributed by atoms with van der Waals surface area (Å²) in [5, 5.41) is 16.8. The first-order chi connectivity index (χ1) is 18.2. The molecule has 10 heteroatoms. The third-order valence-corrected chi connectivity index (χ3v) is 11.7. The molecule has 3 fully saturated rings. The minimum atomic E-state index is -0.841. The number of aliphatic hydroxyl groups is 1. The minimum Gasteiger partial charge on any atom is -0.394 e. The van der Waals surface area contributed by atoms with E-state index in [0.717, 1.165) is 6.42 Å². The summed E-state index contributed by atoms with van der Waals surface area (Å²) in [5.41, 5.74) is 1.24. The van der Waals surface area contributed by atoms with Gasteiger partial charge in [0.25, 0.3) is 0 Å². The van der Waals surface area contributed by atoms with Crippen molar-refractivity contribution in [3.05, 3.63) is 59.6 Å². The lowest BCUT2D eigenvalue weighted by atomic mass is 9.70. The second kappa shape index (κ2) is 10.8. The SMILES string of the molecule is CC[C@H](C)[C@H](CO)N1C(=O)[C@@H]2[C@H](C(=O)Nc3ccccc3)[C@H]3SC2(CC3Br)C1C(=O)Nc1ccc(Cl)cc1. The number of thioether (sulfide) groups is 1. The van der Waals surface area contributed by atoms with Crippen molar-refractivity contribution in [3.63, 3.8) is 0 Å². The fraction of sp³-hybridized carbons (Fsp3) is 0.464. The summed E-state index contributed by atoms with van der Waals surface area (Å²) in [6, 6.07) is 14.6. The highest BCUT2D eigenvalue weighted by Gasteiger charge is 2.76. The maximum Gasteiger partial charge on any atom is 0.248 e. The van der Waals surface area contributed by atoms with Crippen molar-refractivity contribution in [2.45, 2.75) is 53.6 Å². The molecule has 2 aromatic rings. The Labute approximate surface area is 240 Å². The summed E-state index contributed by atoms with van der Waals surface area (Å²) in [6.45, 7) is 3.72. The molecule has 0 radical (unpaired) electrons. The van der Waals surface area contributed by atoms with Crippen LogP contribution in [0.1, 0.15) is 26.7 Å². The van der Waals surface area contributed by atoms with Crippen LogP contribution in [-0.4, -0.2) is 61.2 Å². The van der Waals surface area contributed by atoms with Gasteiger partial charge in [0.15, 0.2) is 0 Å². The number of carbonyl (C=O) groups excluding carboxylic acids is 3. The smallest absolute Gasteiger partial charge is 0.248 e. The number of nitrogens with one attached hydrogen (secondary N) is 2. The van der Waals surface area contributed by atoms with Crippen molar-refractivity contribution in [1.82, 2.24) is 4.90 Å². The Morgan fingerprint density at radius 2 is 1.76 bits per heavy atom. The Bertz CT molecular complexity index is 1220. The molecule has 2 aromatic carbocycles. The zero-order valence-electron chi connectivity index (χ0n) is 21.1. The number of amides is 3. The number of fused-ring (bicyclic) bond motifs is 1. The monoisotopic (exact) mass is 619 g/mol. The van der Waals surface area contributed by atoms with Gasteiger partial charge in [0.05, 0.1) is 29.2 Å². The zero-order valence-corrected chi connectivity index (χ0v) is 24.3. The molecule has 5 rings (SSSR count). The van der Waals surface area contributed by atoms with Crippen LogP contribution < -0.4 is 10.6 Å². The number of benzene rings is 2. The van der Waals surface area contributed by atoms with Crippen LogP contribution in [0.2, 0.25) is 5.02 Å². The van der Waals surface area contributed by atoms with E-state index in [-0.39, 0.29) is 40.3 Å². The maximum atomic E-state index is 14.3. The number of hydrogen-bond acceptors (Lipinski definition) is 5. The molecule has 0 aliphatic carbocycles. The largest absolute Gasteiger partial charge is 0.394 e. The number of aliphatic hydroxyl groups excluding tert-OH is 1. The van der Waals surface area contributed by atoms with Crippen LogP contribution >= 0.6 is 39.3 Å². The summed E-state index contributed by atoms with van der Waals surface area (Å²) in [6.07, 6.45) is 1.30. The van der Waals surface area contributed by atoms with Gasteiger partial charge in [-0.15, -0.1) is 11.8 Å². The van der Waals surface area contributed by atoms with Crippen molar-refractivity contribution in [2.24, 2.45) is 17.8 Å². The molecule has 3 heterocycles. The molecule has 38 heavy (non-hydrogen) atoms. The molecule has 3 amide bonds. The van der Waals surface area contributed by atoms with Crippen molar-refractivity contribution < 1.29 is 19.5 Å². The Kier molecular flexibility index (Phi) is 7.84. The minimum absolute atomic E-state index is 0.0370. The zero-order chi connectivity index (χ0) is 27.2. The summed E-state index contributed by atoms with van der Waals surface area (Å²) < 4.78 is -0.800. The number of anilines is 2. The van der Waals surface area contributed by atoms with E-state index in [9.17, 15) is 19.5 Å². The van der Waals surface area contributed by atoms with Gasteiger partial charge >= 0.3 is 0 Å². The molecule has 3 unspecified atom stereocenters. The quantitative estimate of drug-likeness (QED) is 0.369. The Hall–Kier alpha value is -2.07. The summed E-state index contributed by atoms with van der Waals surface area (Å²) >= 11 is 11.4. The van der Waals surface area contributed by atoms with Gasteiger partial charge in [0.2, 0.25) is 17.7 Å². The Morgan fingerprint density at radius 3 is 2.39 bits per heavy atom. The lowest BCUT2D eigenvalue weighted by molar-refractivity contribution is -0.142. The van der Waals surface area contributed by atoms with Crippen molar-refractivity contribution >= 4 is 68.4 Å². The molecule has 8 atom stereocenters. The number of halogens is 2. The number of carbonyl (C=O) groups is 3. The Morgan fingerprint density at radius 1 is 1.13 bits per heavy atom. The first-order valence-electron chi connectivity index (χ1n) is 12.9. The number of rotatable bonds is 8. The van der Waals surface area contributed by atoms with E-state index in [1.165, 1.54) is 0 Å². The first kappa shape index (κ1) is 27.5. The highest BCUT2D eigenvalue weighted by Crippen LogP contribution is 2.68. The van der Waals surface area contributed by atoms with Crippen molar-refractivity contribution in [1.29, 1.82) is 0 Å². The highest BCUT2D eigenvalue weighted by molar-refractivity contribution is 9.09. The molecule has 0 saturated carbocycles. The standard InChI is InChI=1S/C28H31BrClN3O4S/c1-3-15(2)20(14-34)33-24(26(36)32-18-11-9-16(30)10-12-18)28-13-19(29)23(38-28)21(22(28)27(33)37)25(35)31-17-7-5-4-6-8-17/h4-12,15,19-24,34H,3,13-14H2,1-2H3,(H,31,35)(H,32,36)/t15-,19?,20-,21-,22-,23-,24?,28?/m0/s1. The average molecular weight is 621 g/mol. The highest BCUT2D eigenvalue weighted by atomic mass is 79.9. The normalized spacial score (nSPS) is 31.1. The number of nitrogens with zero attached hydrogens (tertiary/aromatic N) is 1. The predicted octanol–water partition coefficient (Wildman–Crippen LogP) is 4.79. The maximum absolute atomic E-state index is 14.3. The molecule has 3 aliphatic rings. The van der Waals surface area contributed by atoms with Gasteiger partial charge in [-0.25, -0.2) is 0 Å². The van der Waals surface area contributed by atoms with Crippen molar-refractivity contribution in [2.75, 3.05) is 17.2 Å². The lowest BCUT2D eigenvalue weighted by Gasteiger charge is -2.39. The molecule has 2 bridgehead atoms. The molecular formula is C28H31BrClN3O4S. The first-order valence-corrected chi connectivity index (χ1v) is 15.1. The average Bonchev–Trinajstić information content (AvgIpc) is 3.50. The number of hydrogen-bond donors (Lipinski definition) is 3. The third-order valence-electron chi connectivity index (χ3n) is 8.28. The van der Waals surface area contributed by atoms with Crippen LogP contribution in [0.15, 0.2) is 54.6 Å². The van der Waals surface area contributed by atoms with Gasteiger partial charge in [-0.3, -0.25) is 14.4 Å². The van der Waals surface area contributed by atoms with E-state index in [4.69, 9.17) is 11.6 Å². The van der Waals surface area contributed by atoms with Crippen LogP contribution in [0.4, 0.5) is 11.4 Å². The molecule has 3 aliphatic heterocycles. The molecule has 1 spiro atoms. The predicted molar refractivity (Wildman–Crippen MR) is 155 cm³/mol. The van der Waals surface area contributed by atoms with E-state index in [1.54, 1.807) is 40.9 Å². The third kappa shape index (κ3) is 4.55. The summed E-state index contributed by atoms with van der Waals surface area (Å²) in [7, 11) is 0. The van der Waals surface area contributed by atoms with E-state index in [0.29, 0.717) is 22.8 Å². The van der Waals surface area contributed by atoms with Gasteiger partial charge < -0.3 is 20.6 Å². The van der Waals surface area contributed by atoms with Gasteiger partial charge in [0, 0.05) is 26.5 Å². The summed E-state index contributed by atoms with van der Waals surface area (Å²) in [4.78, 5) is 43.6. The molecular weight excluding hydrogens is 590 g/mol. The number of alkyl halides is 1. The van der Waals surface area contributed by atoms with E-state index in [1.807, 2.05) is 44.2 Å². The number of para-hydroxylation sites is 1. The second-order valence-corrected chi connectivity index (χ2v) is 13.5. The topological polar surface area (TPSA) is 98.7 Å². The molecule has 3 N–H and O–H groups in total. The molecule has 0 aromatic heterocycles. The molecule has 202 valence electrons. The summed E-state index contributed by atoms with van der Waals surface area (Å²) in [5.74, 6) is -2.10. The van der Waals surface area contributed by atoms with E-state index >= 15 is 0 Å². The fourth-order valence-electron chi connectivity index (χ4n) is 6.33. The van der Waals surface area contributed by atoms with E-state index < -0.39 is 28.7 Å². The van der Waals surface area contributed by atoms with E-state index in [2.05, 4.69) is 26.6 Å². The van der Waals surface area contributed by atoms with Crippen LogP contribution in [0, 0.1) is 17.8 Å². The molecule has 3 saturated heterocycles. The van der Waals surface area contributed by atoms with Gasteiger partial charge in [-0.05, 0) is 48.7 Å². The van der Waals surface area contributed by atoms with Crippen LogP contribution in [0.3, 0.4) is 0 Å². The van der Waals surface area contributed by atoms with Gasteiger partial charge in [0.1, 0.15) is 6.04 Å². The second-order valence-electron chi connectivity index (χ2n) is 10.4.